The first-order chi connectivity index (χ1) is 10.6. The number of piperazine rings is 1. The number of terminal acetylenes is 1. The minimum Gasteiger partial charge on any atom is -0.489 e. The Bertz CT molecular complexity index is 525. The van der Waals surface area contributed by atoms with Crippen LogP contribution in [0.1, 0.15) is 0 Å². The van der Waals surface area contributed by atoms with Gasteiger partial charge >= 0.3 is 0 Å². The zero-order valence-electron chi connectivity index (χ0n) is 12.3. The van der Waals surface area contributed by atoms with Crippen molar-refractivity contribution in [1.82, 2.24) is 9.80 Å². The number of benzene rings is 1. The van der Waals surface area contributed by atoms with E-state index in [1.165, 1.54) is 0 Å². The Morgan fingerprint density at radius 3 is 2.55 bits per heavy atom. The van der Waals surface area contributed by atoms with Gasteiger partial charge in [-0.2, -0.15) is 0 Å². The van der Waals surface area contributed by atoms with Crippen LogP contribution in [0.3, 0.4) is 0 Å². The van der Waals surface area contributed by atoms with Crippen LogP contribution in [0.4, 0.5) is 0 Å². The Kier molecular flexibility index (Phi) is 6.81. The van der Waals surface area contributed by atoms with Gasteiger partial charge in [-0.1, -0.05) is 29.1 Å². The minimum absolute atomic E-state index is 0.200. The Morgan fingerprint density at radius 1 is 1.23 bits per heavy atom. The van der Waals surface area contributed by atoms with Gasteiger partial charge in [0.15, 0.2) is 0 Å². The van der Waals surface area contributed by atoms with Crippen molar-refractivity contribution in [3.8, 4) is 18.1 Å². The van der Waals surface area contributed by atoms with Gasteiger partial charge in [-0.15, -0.1) is 6.42 Å². The maximum atomic E-state index is 10.1. The summed E-state index contributed by atoms with van der Waals surface area (Å²) in [5.41, 5.74) is 0. The van der Waals surface area contributed by atoms with Crippen molar-refractivity contribution >= 4 is 23.2 Å². The fraction of sp³-hybridized carbons (Fsp3) is 0.500. The highest BCUT2D eigenvalue weighted by Gasteiger charge is 2.19. The van der Waals surface area contributed by atoms with Gasteiger partial charge < -0.3 is 9.84 Å². The Hall–Kier alpha value is -0.960. The SMILES string of the molecule is C#CCN1CCN(CC(O)COc2ccc(Cl)cc2Cl)CC1. The normalized spacial score (nSPS) is 17.9. The van der Waals surface area contributed by atoms with Crippen molar-refractivity contribution in [2.24, 2.45) is 0 Å². The molecule has 1 saturated heterocycles. The Labute approximate surface area is 141 Å². The van der Waals surface area contributed by atoms with E-state index in [0.717, 1.165) is 26.2 Å². The number of aliphatic hydroxyl groups is 1. The molecule has 0 spiro atoms. The maximum Gasteiger partial charge on any atom is 0.138 e. The van der Waals surface area contributed by atoms with Gasteiger partial charge in [0.1, 0.15) is 18.5 Å². The van der Waals surface area contributed by atoms with E-state index in [-0.39, 0.29) is 6.61 Å². The molecule has 1 aliphatic rings. The molecule has 1 atom stereocenters. The minimum atomic E-state index is -0.564. The lowest BCUT2D eigenvalue weighted by atomic mass is 10.2. The van der Waals surface area contributed by atoms with Crippen molar-refractivity contribution in [2.75, 3.05) is 45.9 Å². The van der Waals surface area contributed by atoms with Crippen LogP contribution in [-0.4, -0.2) is 66.9 Å². The third-order valence-electron chi connectivity index (χ3n) is 3.57. The molecule has 0 amide bonds. The third-order valence-corrected chi connectivity index (χ3v) is 4.10. The van der Waals surface area contributed by atoms with E-state index in [1.807, 2.05) is 0 Å². The topological polar surface area (TPSA) is 35.9 Å². The largest absolute Gasteiger partial charge is 0.489 e. The molecule has 22 heavy (non-hydrogen) atoms. The first kappa shape index (κ1) is 17.4. The van der Waals surface area contributed by atoms with Gasteiger partial charge in [0.05, 0.1) is 11.6 Å². The summed E-state index contributed by atoms with van der Waals surface area (Å²) in [4.78, 5) is 4.44. The molecule has 4 nitrogen and oxygen atoms in total. The second-order valence-electron chi connectivity index (χ2n) is 5.32. The maximum absolute atomic E-state index is 10.1. The van der Waals surface area contributed by atoms with E-state index in [9.17, 15) is 5.11 Å². The fourth-order valence-corrected chi connectivity index (χ4v) is 2.85. The summed E-state index contributed by atoms with van der Waals surface area (Å²) < 4.78 is 5.55. The van der Waals surface area contributed by atoms with Crippen molar-refractivity contribution in [2.45, 2.75) is 6.10 Å². The second kappa shape index (κ2) is 8.61. The van der Waals surface area contributed by atoms with Crippen LogP contribution in [0.5, 0.6) is 5.75 Å². The van der Waals surface area contributed by atoms with Crippen LogP contribution >= 0.6 is 23.2 Å². The highest BCUT2D eigenvalue weighted by atomic mass is 35.5. The molecule has 6 heteroatoms. The van der Waals surface area contributed by atoms with E-state index in [4.69, 9.17) is 34.4 Å². The molecule has 0 radical (unpaired) electrons. The number of nitrogens with zero attached hydrogens (tertiary/aromatic N) is 2. The number of hydrogen-bond acceptors (Lipinski definition) is 4. The van der Waals surface area contributed by atoms with Gasteiger partial charge in [0, 0.05) is 37.7 Å². The summed E-state index contributed by atoms with van der Waals surface area (Å²) >= 11 is 11.9. The lowest BCUT2D eigenvalue weighted by Gasteiger charge is -2.34. The van der Waals surface area contributed by atoms with Gasteiger partial charge in [-0.3, -0.25) is 9.80 Å². The summed E-state index contributed by atoms with van der Waals surface area (Å²) in [7, 11) is 0. The highest BCUT2D eigenvalue weighted by molar-refractivity contribution is 6.35. The third kappa shape index (κ3) is 5.35. The quantitative estimate of drug-likeness (QED) is 0.802. The summed E-state index contributed by atoms with van der Waals surface area (Å²) in [6, 6.07) is 5.03. The van der Waals surface area contributed by atoms with Crippen molar-refractivity contribution < 1.29 is 9.84 Å². The average Bonchev–Trinajstić information content (AvgIpc) is 2.49. The van der Waals surface area contributed by atoms with Crippen LogP contribution in [0.2, 0.25) is 10.0 Å². The van der Waals surface area contributed by atoms with Crippen LogP contribution in [-0.2, 0) is 0 Å². The van der Waals surface area contributed by atoms with Crippen molar-refractivity contribution in [3.63, 3.8) is 0 Å². The summed E-state index contributed by atoms with van der Waals surface area (Å²) in [5, 5.41) is 11.1. The molecule has 1 aromatic carbocycles. The lowest BCUT2D eigenvalue weighted by molar-refractivity contribution is 0.0485. The van der Waals surface area contributed by atoms with Crippen LogP contribution in [0.25, 0.3) is 0 Å². The van der Waals surface area contributed by atoms with Gasteiger partial charge in [-0.05, 0) is 18.2 Å². The zero-order valence-corrected chi connectivity index (χ0v) is 13.9. The smallest absolute Gasteiger partial charge is 0.138 e. The number of rotatable bonds is 6. The van der Waals surface area contributed by atoms with Crippen molar-refractivity contribution in [3.05, 3.63) is 28.2 Å². The van der Waals surface area contributed by atoms with E-state index < -0.39 is 6.10 Å². The molecule has 1 aromatic rings. The van der Waals surface area contributed by atoms with Crippen LogP contribution in [0, 0.1) is 12.3 Å². The van der Waals surface area contributed by atoms with Crippen LogP contribution < -0.4 is 4.74 Å². The van der Waals surface area contributed by atoms with E-state index in [1.54, 1.807) is 18.2 Å². The average molecular weight is 343 g/mol. The monoisotopic (exact) mass is 342 g/mol. The first-order valence-corrected chi connectivity index (χ1v) is 7.98. The molecule has 0 aromatic heterocycles. The molecule has 2 rings (SSSR count). The first-order valence-electron chi connectivity index (χ1n) is 7.22. The predicted octanol–water partition coefficient (Wildman–Crippen LogP) is 1.98. The second-order valence-corrected chi connectivity index (χ2v) is 6.16. The predicted molar refractivity (Wildman–Crippen MR) is 89.7 cm³/mol. The number of β-amino-alcohol motifs (C(OH)–C–C–N with tert-alkyl or cyclic N) is 1. The molecular weight excluding hydrogens is 323 g/mol. The van der Waals surface area contributed by atoms with Crippen molar-refractivity contribution in [1.29, 1.82) is 0 Å². The molecular formula is C16H20Cl2N2O2. The molecule has 1 fully saturated rings. The summed E-state index contributed by atoms with van der Waals surface area (Å²) in [6.07, 6.45) is 4.75. The summed E-state index contributed by atoms with van der Waals surface area (Å²) in [5.74, 6) is 3.19. The molecule has 1 aliphatic heterocycles. The molecule has 0 aliphatic carbocycles. The number of hydrogen-bond donors (Lipinski definition) is 1. The molecule has 0 saturated carbocycles. The Balaban J connectivity index is 1.72. The fourth-order valence-electron chi connectivity index (χ4n) is 2.39. The molecule has 1 unspecified atom stereocenters. The summed E-state index contributed by atoms with van der Waals surface area (Å²) in [6.45, 7) is 5.14. The lowest BCUT2D eigenvalue weighted by Crippen LogP contribution is -2.49. The number of halogens is 2. The van der Waals surface area contributed by atoms with E-state index in [2.05, 4.69) is 15.7 Å². The van der Waals surface area contributed by atoms with Gasteiger partial charge in [0.25, 0.3) is 0 Å². The van der Waals surface area contributed by atoms with Crippen LogP contribution in [0.15, 0.2) is 18.2 Å². The number of aliphatic hydroxyl groups excluding tert-OH is 1. The zero-order chi connectivity index (χ0) is 15.9. The van der Waals surface area contributed by atoms with E-state index in [0.29, 0.717) is 28.9 Å². The molecule has 1 heterocycles. The Morgan fingerprint density at radius 2 is 1.91 bits per heavy atom. The van der Waals surface area contributed by atoms with E-state index >= 15 is 0 Å². The standard InChI is InChI=1S/C16H20Cl2N2O2/c1-2-5-19-6-8-20(9-7-19)11-14(21)12-22-16-4-3-13(17)10-15(16)18/h1,3-4,10,14,21H,5-9,11-12H2. The molecule has 0 bridgehead atoms. The number of ether oxygens (including phenoxy) is 1. The van der Waals surface area contributed by atoms with Gasteiger partial charge in [0.2, 0.25) is 0 Å². The molecule has 1 N–H and O–H groups in total. The van der Waals surface area contributed by atoms with Gasteiger partial charge in [-0.25, -0.2) is 0 Å². The highest BCUT2D eigenvalue weighted by Crippen LogP contribution is 2.27. The molecule has 120 valence electrons.